The van der Waals surface area contributed by atoms with E-state index in [4.69, 9.17) is 33.7 Å². The molecule has 3 N–H and O–H groups in total. The number of pyridine rings is 1. The highest BCUT2D eigenvalue weighted by Gasteiger charge is 2.33. The van der Waals surface area contributed by atoms with E-state index in [0.717, 1.165) is 12.8 Å². The summed E-state index contributed by atoms with van der Waals surface area (Å²) in [4.78, 5) is 42.0. The van der Waals surface area contributed by atoms with Crippen molar-refractivity contribution >= 4 is 51.6 Å². The lowest BCUT2D eigenvalue weighted by Crippen LogP contribution is -2.54. The van der Waals surface area contributed by atoms with Crippen molar-refractivity contribution in [1.29, 1.82) is 0 Å². The minimum atomic E-state index is -0.621. The Balaban J connectivity index is 1.53. The van der Waals surface area contributed by atoms with Crippen molar-refractivity contribution in [2.75, 3.05) is 38.2 Å². The van der Waals surface area contributed by atoms with Crippen molar-refractivity contribution in [3.63, 3.8) is 0 Å². The number of piperazine rings is 1. The third-order valence-electron chi connectivity index (χ3n) is 7.48. The van der Waals surface area contributed by atoms with Gasteiger partial charge in [0.15, 0.2) is 11.6 Å². The van der Waals surface area contributed by atoms with Crippen LogP contribution in [0.3, 0.4) is 0 Å². The van der Waals surface area contributed by atoms with E-state index in [9.17, 15) is 14.4 Å². The molecule has 0 spiro atoms. The average molecular weight is 590 g/mol. The highest BCUT2D eigenvalue weighted by Crippen LogP contribution is 2.44. The van der Waals surface area contributed by atoms with Gasteiger partial charge in [0, 0.05) is 54.5 Å². The van der Waals surface area contributed by atoms with Crippen molar-refractivity contribution in [2.45, 2.75) is 38.4 Å². The number of nitrogens with two attached hydrogens (primary N) is 1. The molecule has 1 saturated carbocycles. The second-order valence-electron chi connectivity index (χ2n) is 10.3. The first-order valence-electron chi connectivity index (χ1n) is 13.0. The van der Waals surface area contributed by atoms with Crippen molar-refractivity contribution in [3.8, 4) is 5.75 Å². The molecule has 1 aliphatic heterocycles. The molecule has 2 aliphatic rings. The molecular weight excluding hydrogens is 560 g/mol. The summed E-state index contributed by atoms with van der Waals surface area (Å²) in [5.74, 6) is -1.38. The topological polar surface area (TPSA) is 110 Å². The molecule has 1 atom stereocenters. The zero-order chi connectivity index (χ0) is 28.7. The van der Waals surface area contributed by atoms with Gasteiger partial charge >= 0.3 is 0 Å². The van der Waals surface area contributed by atoms with Crippen LogP contribution in [0.2, 0.25) is 10.0 Å². The number of aromatic nitrogens is 1. The number of methoxy groups -OCH3 is 1. The summed E-state index contributed by atoms with van der Waals surface area (Å²) in [6.07, 6.45) is 3.26. The summed E-state index contributed by atoms with van der Waals surface area (Å²) in [7, 11) is 1.45. The lowest BCUT2D eigenvalue weighted by Gasteiger charge is -2.41. The minimum Gasteiger partial charge on any atom is -0.492 e. The molecule has 2 amide bonds. The number of ether oxygens (including phenoxy) is 1. The predicted octanol–water partition coefficient (Wildman–Crippen LogP) is 3.72. The van der Waals surface area contributed by atoms with Crippen molar-refractivity contribution in [3.05, 3.63) is 67.7 Å². The minimum absolute atomic E-state index is 0.0545. The molecule has 1 unspecified atom stereocenters. The highest BCUT2D eigenvalue weighted by molar-refractivity contribution is 6.35. The summed E-state index contributed by atoms with van der Waals surface area (Å²) in [6.45, 7) is 3.56. The van der Waals surface area contributed by atoms with Crippen LogP contribution in [0, 0.1) is 5.82 Å². The third-order valence-corrected chi connectivity index (χ3v) is 8.07. The van der Waals surface area contributed by atoms with Crippen LogP contribution in [0.5, 0.6) is 5.75 Å². The van der Waals surface area contributed by atoms with Gasteiger partial charge in [0.2, 0.25) is 11.3 Å². The number of hydrogen-bond acceptors (Lipinski definition) is 6. The van der Waals surface area contributed by atoms with E-state index in [1.54, 1.807) is 24.4 Å². The Kier molecular flexibility index (Phi) is 7.94. The van der Waals surface area contributed by atoms with Crippen LogP contribution >= 0.6 is 23.2 Å². The number of rotatable bonds is 8. The second kappa shape index (κ2) is 11.3. The van der Waals surface area contributed by atoms with Crippen molar-refractivity contribution < 1.29 is 18.7 Å². The molecule has 1 aromatic heterocycles. The number of fused-ring (bicyclic) bond motifs is 1. The Morgan fingerprint density at radius 1 is 1.20 bits per heavy atom. The molecule has 1 aliphatic carbocycles. The van der Waals surface area contributed by atoms with Crippen LogP contribution in [-0.2, 0) is 11.3 Å². The highest BCUT2D eigenvalue weighted by atomic mass is 35.5. The van der Waals surface area contributed by atoms with E-state index >= 15 is 4.39 Å². The summed E-state index contributed by atoms with van der Waals surface area (Å²) in [6, 6.07) is 6.12. The predicted molar refractivity (Wildman–Crippen MR) is 153 cm³/mol. The average Bonchev–Trinajstić information content (AvgIpc) is 3.74. The summed E-state index contributed by atoms with van der Waals surface area (Å²) in [5, 5.41) is 3.68. The number of hydrogen-bond donors (Lipinski definition) is 2. The van der Waals surface area contributed by atoms with Gasteiger partial charge < -0.3 is 25.3 Å². The van der Waals surface area contributed by atoms with Crippen molar-refractivity contribution in [1.82, 2.24) is 14.8 Å². The van der Waals surface area contributed by atoms with Crippen LogP contribution in [0.4, 0.5) is 10.1 Å². The van der Waals surface area contributed by atoms with Crippen LogP contribution in [0.1, 0.15) is 41.7 Å². The molecule has 40 heavy (non-hydrogen) atoms. The SMILES string of the molecule is COc1c(N2CCN(CC(N)=O)C(C)C2)c(F)cc2c(=O)c(C(=O)NCc3ccc(Cl)cc3Cl)cn(C3CC3)c12. The molecule has 2 fully saturated rings. The fourth-order valence-corrected chi connectivity index (χ4v) is 5.78. The van der Waals surface area contributed by atoms with Crippen LogP contribution < -0.4 is 26.1 Å². The quantitative estimate of drug-likeness (QED) is 0.414. The number of carbonyl (C=O) groups is 2. The molecule has 2 aromatic carbocycles. The maximum absolute atomic E-state index is 15.8. The maximum atomic E-state index is 15.8. The normalized spacial score (nSPS) is 17.7. The fraction of sp³-hybridized carbons (Fsp3) is 0.393. The number of carbonyl (C=O) groups excluding carboxylic acids is 2. The zero-order valence-electron chi connectivity index (χ0n) is 22.2. The molecular formula is C28H30Cl2FN5O4. The van der Waals surface area contributed by atoms with E-state index < -0.39 is 23.1 Å². The first kappa shape index (κ1) is 28.2. The molecule has 1 saturated heterocycles. The number of anilines is 1. The van der Waals surface area contributed by atoms with Gasteiger partial charge in [-0.25, -0.2) is 4.39 Å². The van der Waals surface area contributed by atoms with Gasteiger partial charge in [-0.15, -0.1) is 0 Å². The standard InChI is InChI=1S/C28H30Cl2FN5O4/c1-15-12-35(8-7-34(15)14-23(32)37)25-22(31)10-19-24(27(25)40-2)36(18-5-6-18)13-20(26(19)38)28(39)33-11-16-3-4-17(29)9-21(16)30/h3-4,9-10,13,15,18H,5-8,11-12,14H2,1-2H3,(H2,32,37)(H,33,39). The van der Waals surface area contributed by atoms with Crippen LogP contribution in [0.25, 0.3) is 10.9 Å². The molecule has 5 rings (SSSR count). The second-order valence-corrected chi connectivity index (χ2v) is 11.1. The molecule has 0 radical (unpaired) electrons. The smallest absolute Gasteiger partial charge is 0.257 e. The fourth-order valence-electron chi connectivity index (χ4n) is 5.30. The number of nitrogens with zero attached hydrogens (tertiary/aromatic N) is 3. The Morgan fingerprint density at radius 3 is 2.58 bits per heavy atom. The zero-order valence-corrected chi connectivity index (χ0v) is 23.7. The van der Waals surface area contributed by atoms with E-state index in [2.05, 4.69) is 5.32 Å². The van der Waals surface area contributed by atoms with Gasteiger partial charge in [-0.2, -0.15) is 0 Å². The van der Waals surface area contributed by atoms with Gasteiger partial charge in [-0.3, -0.25) is 19.3 Å². The summed E-state index contributed by atoms with van der Waals surface area (Å²) in [5.41, 5.74) is 6.05. The first-order chi connectivity index (χ1) is 19.1. The van der Waals surface area contributed by atoms with Crippen LogP contribution in [-0.4, -0.2) is 60.6 Å². The van der Waals surface area contributed by atoms with E-state index in [-0.39, 0.29) is 47.6 Å². The van der Waals surface area contributed by atoms with Gasteiger partial charge in [-0.05, 0) is 43.5 Å². The van der Waals surface area contributed by atoms with Crippen LogP contribution in [0.15, 0.2) is 35.3 Å². The lowest BCUT2D eigenvalue weighted by molar-refractivity contribution is -0.119. The third kappa shape index (κ3) is 5.48. The molecule has 2 heterocycles. The molecule has 3 aromatic rings. The molecule has 12 heteroatoms. The van der Waals surface area contributed by atoms with Crippen molar-refractivity contribution in [2.24, 2.45) is 5.73 Å². The number of primary amides is 1. The summed E-state index contributed by atoms with van der Waals surface area (Å²) >= 11 is 12.2. The largest absolute Gasteiger partial charge is 0.492 e. The first-order valence-corrected chi connectivity index (χ1v) is 13.8. The Labute approximate surface area is 240 Å². The number of halogens is 3. The van der Waals surface area contributed by atoms with Gasteiger partial charge in [0.25, 0.3) is 5.91 Å². The molecule has 0 bridgehead atoms. The Hall–Kier alpha value is -3.34. The number of amides is 2. The summed E-state index contributed by atoms with van der Waals surface area (Å²) < 4.78 is 23.4. The van der Waals surface area contributed by atoms with Gasteiger partial charge in [-0.1, -0.05) is 29.3 Å². The Bertz CT molecular complexity index is 1560. The lowest BCUT2D eigenvalue weighted by atomic mass is 10.1. The molecule has 9 nitrogen and oxygen atoms in total. The number of nitrogens with one attached hydrogen (secondary N) is 1. The van der Waals surface area contributed by atoms with E-state index in [1.807, 2.05) is 21.3 Å². The van der Waals surface area contributed by atoms with E-state index in [1.165, 1.54) is 13.2 Å². The van der Waals surface area contributed by atoms with Gasteiger partial charge in [0.05, 0.1) is 24.6 Å². The molecule has 212 valence electrons. The van der Waals surface area contributed by atoms with Gasteiger partial charge in [0.1, 0.15) is 11.3 Å². The Morgan fingerprint density at radius 2 is 1.95 bits per heavy atom. The monoisotopic (exact) mass is 589 g/mol. The van der Waals surface area contributed by atoms with E-state index in [0.29, 0.717) is 40.8 Å². The maximum Gasteiger partial charge on any atom is 0.257 e. The number of benzene rings is 2.